The number of sulfone groups is 1. The van der Waals surface area contributed by atoms with Crippen molar-refractivity contribution in [3.8, 4) is 17.2 Å². The van der Waals surface area contributed by atoms with Crippen LogP contribution in [0.4, 0.5) is 5.69 Å². The van der Waals surface area contributed by atoms with Crippen molar-refractivity contribution in [1.29, 1.82) is 0 Å². The minimum Gasteiger partial charge on any atom is -0.496 e. The number of hydrogen-bond donors (Lipinski definition) is 1. The molecule has 9 heteroatoms. The zero-order valence-corrected chi connectivity index (χ0v) is 22.3. The number of anilines is 1. The molecule has 1 amide bonds. The summed E-state index contributed by atoms with van der Waals surface area (Å²) in [4.78, 5) is 14.1. The fourth-order valence-corrected chi connectivity index (χ4v) is 6.61. The molecule has 0 spiro atoms. The molecule has 1 aliphatic rings. The molecule has 1 N–H and O–H groups in total. The van der Waals surface area contributed by atoms with Crippen molar-refractivity contribution in [3.63, 3.8) is 0 Å². The average molecular weight is 526 g/mol. The normalized spacial score (nSPS) is 14.2. The molecule has 0 aliphatic carbocycles. The first-order valence-electron chi connectivity index (χ1n) is 11.1. The fourth-order valence-electron chi connectivity index (χ4n) is 3.98. The Bertz CT molecular complexity index is 1430. The molecule has 0 saturated carbocycles. The van der Waals surface area contributed by atoms with Gasteiger partial charge in [-0.15, -0.1) is 0 Å². The van der Waals surface area contributed by atoms with Gasteiger partial charge in [-0.25, -0.2) is 8.42 Å². The summed E-state index contributed by atoms with van der Waals surface area (Å²) >= 11 is 1.19. The number of rotatable bonds is 7. The third-order valence-electron chi connectivity index (χ3n) is 6.01. The molecule has 3 aromatic carbocycles. The molecule has 0 saturated heterocycles. The monoisotopic (exact) mass is 525 g/mol. The van der Waals surface area contributed by atoms with E-state index in [-0.39, 0.29) is 16.6 Å². The van der Waals surface area contributed by atoms with Crippen LogP contribution in [-0.4, -0.2) is 35.7 Å². The molecule has 1 heterocycles. The number of ether oxygens (including phenoxy) is 3. The predicted octanol–water partition coefficient (Wildman–Crippen LogP) is 5.39. The third kappa shape index (κ3) is 5.08. The zero-order valence-electron chi connectivity index (χ0n) is 20.7. The first-order valence-corrected chi connectivity index (χ1v) is 13.6. The average Bonchev–Trinajstić information content (AvgIpc) is 2.86. The Kier molecular flexibility index (Phi) is 7.33. The van der Waals surface area contributed by atoms with Crippen LogP contribution in [0.2, 0.25) is 0 Å². The molecule has 188 valence electrons. The molecular formula is C27H27NO6S2. The van der Waals surface area contributed by atoms with Gasteiger partial charge in [0.05, 0.1) is 48.1 Å². The lowest BCUT2D eigenvalue weighted by atomic mass is 10.1. The summed E-state index contributed by atoms with van der Waals surface area (Å²) in [6.07, 6.45) is 1.66. The maximum atomic E-state index is 13.3. The van der Waals surface area contributed by atoms with Crippen molar-refractivity contribution in [2.24, 2.45) is 0 Å². The van der Waals surface area contributed by atoms with Crippen LogP contribution in [0, 0.1) is 13.8 Å². The van der Waals surface area contributed by atoms with Gasteiger partial charge in [-0.1, -0.05) is 30.0 Å². The van der Waals surface area contributed by atoms with Crippen LogP contribution in [0.25, 0.3) is 6.08 Å². The molecule has 3 aromatic rings. The van der Waals surface area contributed by atoms with Crippen molar-refractivity contribution < 1.29 is 27.4 Å². The molecule has 0 atom stereocenters. The second-order valence-electron chi connectivity index (χ2n) is 8.30. The molecular weight excluding hydrogens is 498 g/mol. The van der Waals surface area contributed by atoms with E-state index in [1.807, 2.05) is 32.0 Å². The number of carbonyl (C=O) groups excluding carboxylic acids is 1. The summed E-state index contributed by atoms with van der Waals surface area (Å²) in [6.45, 7) is 3.82. The minimum atomic E-state index is -3.61. The first kappa shape index (κ1) is 25.7. The van der Waals surface area contributed by atoms with Gasteiger partial charge in [0.25, 0.3) is 5.91 Å². The SMILES string of the molecule is COc1cc(OC)c(/C=C2\Sc3cc(S(=O)(=O)Cc4c(C)cccc4C)ccc3NC2=O)c(OC)c1. The molecule has 0 bridgehead atoms. The Morgan fingerprint density at radius 3 is 2.14 bits per heavy atom. The predicted molar refractivity (Wildman–Crippen MR) is 142 cm³/mol. The number of amides is 1. The molecule has 4 rings (SSSR count). The Morgan fingerprint density at radius 1 is 0.917 bits per heavy atom. The van der Waals surface area contributed by atoms with E-state index in [0.717, 1.165) is 16.7 Å². The molecule has 0 aromatic heterocycles. The van der Waals surface area contributed by atoms with Crippen molar-refractivity contribution in [1.82, 2.24) is 0 Å². The Hall–Kier alpha value is -3.43. The first-order chi connectivity index (χ1) is 17.2. The third-order valence-corrected chi connectivity index (χ3v) is 8.73. The van der Waals surface area contributed by atoms with E-state index in [0.29, 0.717) is 38.3 Å². The van der Waals surface area contributed by atoms with E-state index >= 15 is 0 Å². The second-order valence-corrected chi connectivity index (χ2v) is 11.4. The van der Waals surface area contributed by atoms with E-state index < -0.39 is 9.84 Å². The Balaban J connectivity index is 1.71. The lowest BCUT2D eigenvalue weighted by Gasteiger charge is -2.20. The highest BCUT2D eigenvalue weighted by molar-refractivity contribution is 8.04. The number of benzene rings is 3. The van der Waals surface area contributed by atoms with Gasteiger partial charge < -0.3 is 19.5 Å². The van der Waals surface area contributed by atoms with Gasteiger partial charge in [-0.05, 0) is 54.8 Å². The van der Waals surface area contributed by atoms with E-state index in [9.17, 15) is 13.2 Å². The molecule has 0 fully saturated rings. The minimum absolute atomic E-state index is 0.0930. The molecule has 0 unspecified atom stereocenters. The van der Waals surface area contributed by atoms with Gasteiger partial charge in [0, 0.05) is 17.0 Å². The van der Waals surface area contributed by atoms with Gasteiger partial charge in [-0.3, -0.25) is 4.79 Å². The number of aryl methyl sites for hydroxylation is 2. The van der Waals surface area contributed by atoms with Crippen LogP contribution in [0.5, 0.6) is 17.2 Å². The largest absolute Gasteiger partial charge is 0.496 e. The summed E-state index contributed by atoms with van der Waals surface area (Å²) in [7, 11) is 0.973. The van der Waals surface area contributed by atoms with Gasteiger partial charge in [0.2, 0.25) is 0 Å². The molecule has 1 aliphatic heterocycles. The maximum Gasteiger partial charge on any atom is 0.262 e. The van der Waals surface area contributed by atoms with Crippen LogP contribution >= 0.6 is 11.8 Å². The smallest absolute Gasteiger partial charge is 0.262 e. The lowest BCUT2D eigenvalue weighted by molar-refractivity contribution is -0.112. The van der Waals surface area contributed by atoms with Crippen molar-refractivity contribution in [2.75, 3.05) is 26.6 Å². The van der Waals surface area contributed by atoms with Gasteiger partial charge in [-0.2, -0.15) is 0 Å². The molecule has 0 radical (unpaired) electrons. The van der Waals surface area contributed by atoms with Crippen LogP contribution in [0.15, 0.2) is 63.2 Å². The maximum absolute atomic E-state index is 13.3. The molecule has 36 heavy (non-hydrogen) atoms. The van der Waals surface area contributed by atoms with Crippen LogP contribution in [-0.2, 0) is 20.4 Å². The Labute approximate surface area is 215 Å². The number of fused-ring (bicyclic) bond motifs is 1. The van der Waals surface area contributed by atoms with Crippen LogP contribution in [0.3, 0.4) is 0 Å². The number of hydrogen-bond acceptors (Lipinski definition) is 7. The summed E-state index contributed by atoms with van der Waals surface area (Å²) in [5.41, 5.74) is 3.80. The summed E-state index contributed by atoms with van der Waals surface area (Å²) in [6, 6.07) is 13.9. The van der Waals surface area contributed by atoms with Crippen molar-refractivity contribution >= 4 is 39.3 Å². The van der Waals surface area contributed by atoms with Gasteiger partial charge in [0.15, 0.2) is 9.84 Å². The number of carbonyl (C=O) groups is 1. The highest BCUT2D eigenvalue weighted by atomic mass is 32.2. The second kappa shape index (κ2) is 10.3. The van der Waals surface area contributed by atoms with Crippen molar-refractivity contribution in [2.45, 2.75) is 29.4 Å². The quantitative estimate of drug-likeness (QED) is 0.414. The van der Waals surface area contributed by atoms with E-state index in [1.54, 1.807) is 37.5 Å². The van der Waals surface area contributed by atoms with E-state index in [4.69, 9.17) is 14.2 Å². The highest BCUT2D eigenvalue weighted by Gasteiger charge is 2.26. The topological polar surface area (TPSA) is 90.9 Å². The number of thioether (sulfide) groups is 1. The highest BCUT2D eigenvalue weighted by Crippen LogP contribution is 2.43. The van der Waals surface area contributed by atoms with E-state index in [1.165, 1.54) is 32.0 Å². The van der Waals surface area contributed by atoms with Crippen molar-refractivity contribution in [3.05, 3.63) is 75.7 Å². The lowest BCUT2D eigenvalue weighted by Crippen LogP contribution is -2.18. The van der Waals surface area contributed by atoms with Crippen LogP contribution in [0.1, 0.15) is 22.3 Å². The van der Waals surface area contributed by atoms with E-state index in [2.05, 4.69) is 5.32 Å². The standard InChI is InChI=1S/C27H27NO6S2/c1-16-7-6-8-17(2)21(16)15-36(30,31)19-9-10-22-25(13-19)35-26(27(29)28-22)14-20-23(33-4)11-18(32-3)12-24(20)34-5/h6-14H,15H2,1-5H3,(H,28,29)/b26-14-. The van der Waals surface area contributed by atoms with Gasteiger partial charge in [0.1, 0.15) is 17.2 Å². The zero-order chi connectivity index (χ0) is 26.0. The van der Waals surface area contributed by atoms with Gasteiger partial charge >= 0.3 is 0 Å². The number of nitrogens with one attached hydrogen (secondary N) is 1. The Morgan fingerprint density at radius 2 is 1.56 bits per heavy atom. The molecule has 7 nitrogen and oxygen atoms in total. The number of methoxy groups -OCH3 is 3. The van der Waals surface area contributed by atoms with Crippen LogP contribution < -0.4 is 19.5 Å². The fraction of sp³-hybridized carbons (Fsp3) is 0.222. The summed E-state index contributed by atoms with van der Waals surface area (Å²) in [5, 5.41) is 2.85. The summed E-state index contributed by atoms with van der Waals surface area (Å²) in [5.74, 6) is 1.10. The summed E-state index contributed by atoms with van der Waals surface area (Å²) < 4.78 is 42.9.